The van der Waals surface area contributed by atoms with Gasteiger partial charge in [-0.25, -0.2) is 4.98 Å². The van der Waals surface area contributed by atoms with Gasteiger partial charge in [0.05, 0.1) is 16.4 Å². The number of hydrogen-bond acceptors (Lipinski definition) is 2. The average molecular weight is 509 g/mol. The lowest BCUT2D eigenvalue weighted by molar-refractivity contribution is 0.0823. The molecular weight excluding hydrogens is 469 g/mol. The number of para-hydroxylation sites is 2. The number of fused-ring (bicyclic) bond motifs is 5. The molecule has 1 atom stereocenters. The summed E-state index contributed by atoms with van der Waals surface area (Å²) in [5.41, 5.74) is 3.67. The van der Waals surface area contributed by atoms with Crippen LogP contribution in [0.4, 0.5) is 0 Å². The molecule has 1 aliphatic heterocycles. The smallest absolute Gasteiger partial charge is 0.242 e. The van der Waals surface area contributed by atoms with Gasteiger partial charge in [0, 0.05) is 35.0 Å². The Bertz CT molecular complexity index is 1210. The first-order valence-electron chi connectivity index (χ1n) is 12.2. The third-order valence-electron chi connectivity index (χ3n) is 8.46. The molecule has 0 radical (unpaired) electrons. The maximum atomic E-state index is 14.6. The van der Waals surface area contributed by atoms with E-state index in [2.05, 4.69) is 96.2 Å². The molecule has 33 heavy (non-hydrogen) atoms. The van der Waals surface area contributed by atoms with Crippen molar-refractivity contribution < 1.29 is 4.79 Å². The first-order valence-corrected chi connectivity index (χ1v) is 27.9. The van der Waals surface area contributed by atoms with E-state index in [9.17, 15) is 4.79 Å². The van der Waals surface area contributed by atoms with E-state index in [4.69, 9.17) is 4.98 Å². The van der Waals surface area contributed by atoms with Crippen molar-refractivity contribution in [1.82, 2.24) is 9.55 Å². The average Bonchev–Trinajstić information content (AvgIpc) is 3.07. The minimum absolute atomic E-state index is 0.233. The Balaban J connectivity index is 2.06. The van der Waals surface area contributed by atoms with Gasteiger partial charge in [0.15, 0.2) is 0 Å². The second-order valence-corrected chi connectivity index (χ2v) is 54.6. The summed E-state index contributed by atoms with van der Waals surface area (Å²) in [5, 5.41) is 0. The summed E-state index contributed by atoms with van der Waals surface area (Å²) in [4.78, 5) is 19.6. The van der Waals surface area contributed by atoms with Crippen molar-refractivity contribution in [2.75, 3.05) is 0 Å². The maximum Gasteiger partial charge on any atom is 0.242 e. The summed E-state index contributed by atoms with van der Waals surface area (Å²) in [5.74, 6) is 1.05. The molecule has 1 aliphatic rings. The monoisotopic (exact) mass is 508 g/mol. The molecule has 0 bridgehead atoms. The van der Waals surface area contributed by atoms with Crippen molar-refractivity contribution in [2.24, 2.45) is 0 Å². The van der Waals surface area contributed by atoms with Crippen LogP contribution in [-0.2, 0) is 5.41 Å². The lowest BCUT2D eigenvalue weighted by atomic mass is 9.78. The van der Waals surface area contributed by atoms with Gasteiger partial charge in [-0.2, -0.15) is 0 Å². The Kier molecular flexibility index (Phi) is 5.56. The maximum absolute atomic E-state index is 14.6. The fourth-order valence-electron chi connectivity index (χ4n) is 7.81. The summed E-state index contributed by atoms with van der Waals surface area (Å²) in [7, 11) is -4.60. The lowest BCUT2D eigenvalue weighted by Gasteiger charge is -2.60. The Labute approximate surface area is 203 Å². The number of rotatable bonds is 5. The van der Waals surface area contributed by atoms with Crippen LogP contribution < -0.4 is 0 Å². The highest BCUT2D eigenvalue weighted by Gasteiger charge is 2.65. The molecule has 2 heterocycles. The molecule has 1 aromatic heterocycles. The van der Waals surface area contributed by atoms with E-state index in [1.54, 1.807) is 0 Å². The Morgan fingerprint density at radius 1 is 0.788 bits per heavy atom. The SMILES string of the molecule is CC1(C[Si]([Si](C)(C)C)([Si](C)(C)C)[Si](C)(C)C)C(=O)n2c(nc3ccccc32)-c2ccccc21. The van der Waals surface area contributed by atoms with Crippen molar-refractivity contribution in [2.45, 2.75) is 77.3 Å². The summed E-state index contributed by atoms with van der Waals surface area (Å²) >= 11 is 0. The molecular formula is C26H40N2OSi4. The number of carbonyl (C=O) groups excluding carboxylic acids is 1. The highest BCUT2D eigenvalue weighted by atomic mass is 29.9. The summed E-state index contributed by atoms with van der Waals surface area (Å²) in [6, 6.07) is 17.8. The van der Waals surface area contributed by atoms with Crippen LogP contribution in [0.2, 0.25) is 65.0 Å². The Morgan fingerprint density at radius 2 is 1.30 bits per heavy atom. The Hall–Kier alpha value is -1.55. The lowest BCUT2D eigenvalue weighted by Crippen LogP contribution is -2.84. The normalized spacial score (nSPS) is 19.5. The van der Waals surface area contributed by atoms with Crippen LogP contribution >= 0.6 is 0 Å². The zero-order valence-electron chi connectivity index (χ0n) is 22.1. The molecule has 0 fully saturated rings. The van der Waals surface area contributed by atoms with Crippen LogP contribution in [0.15, 0.2) is 48.5 Å². The number of imidazole rings is 1. The van der Waals surface area contributed by atoms with Gasteiger partial charge in [-0.1, -0.05) is 95.3 Å². The molecule has 1 unspecified atom stereocenters. The highest BCUT2D eigenvalue weighted by molar-refractivity contribution is 7.89. The molecule has 4 rings (SSSR count). The zero-order chi connectivity index (χ0) is 24.6. The zero-order valence-corrected chi connectivity index (χ0v) is 26.1. The second-order valence-electron chi connectivity index (χ2n) is 13.3. The van der Waals surface area contributed by atoms with Gasteiger partial charge in [0.1, 0.15) is 5.82 Å². The molecule has 3 aromatic rings. The van der Waals surface area contributed by atoms with Gasteiger partial charge < -0.3 is 0 Å². The van der Waals surface area contributed by atoms with Crippen molar-refractivity contribution in [3.05, 3.63) is 54.1 Å². The van der Waals surface area contributed by atoms with E-state index in [0.717, 1.165) is 28.5 Å². The van der Waals surface area contributed by atoms with E-state index in [1.807, 2.05) is 22.8 Å². The van der Waals surface area contributed by atoms with Crippen LogP contribution in [0.25, 0.3) is 22.4 Å². The van der Waals surface area contributed by atoms with Crippen molar-refractivity contribution >= 4 is 46.3 Å². The third kappa shape index (κ3) is 3.37. The van der Waals surface area contributed by atoms with Crippen LogP contribution in [0, 0.1) is 0 Å². The predicted octanol–water partition coefficient (Wildman–Crippen LogP) is 7.31. The van der Waals surface area contributed by atoms with Gasteiger partial charge in [-0.15, -0.1) is 0 Å². The minimum Gasteiger partial charge on any atom is -0.273 e. The second kappa shape index (κ2) is 7.47. The third-order valence-corrected chi connectivity index (χ3v) is 82.5. The van der Waals surface area contributed by atoms with E-state index in [0.29, 0.717) is 0 Å². The summed E-state index contributed by atoms with van der Waals surface area (Å²) < 4.78 is 1.95. The number of carbonyl (C=O) groups is 1. The molecule has 176 valence electrons. The fraction of sp³-hybridized carbons (Fsp3) is 0.462. The first-order chi connectivity index (χ1) is 15.1. The van der Waals surface area contributed by atoms with Crippen molar-refractivity contribution in [3.8, 4) is 11.4 Å². The topological polar surface area (TPSA) is 34.9 Å². The summed E-state index contributed by atoms with van der Waals surface area (Å²) in [6.45, 7) is 24.1. The minimum atomic E-state index is -1.78. The molecule has 7 heteroatoms. The standard InChI is InChI=1S/C26H40N2OSi4/c1-26(19-33(30(2,3)4,31(5,6)7)32(8,9)10)21-16-12-11-15-20(21)24-27-22-17-13-14-18-23(22)28(24)25(26)29/h11-18H,19H2,1-10H3. The van der Waals surface area contributed by atoms with Gasteiger partial charge in [0.25, 0.3) is 0 Å². The highest BCUT2D eigenvalue weighted by Crippen LogP contribution is 2.50. The number of benzene rings is 2. The molecule has 0 spiro atoms. The van der Waals surface area contributed by atoms with Gasteiger partial charge in [0.2, 0.25) is 5.91 Å². The van der Waals surface area contributed by atoms with E-state index in [-0.39, 0.29) is 5.91 Å². The largest absolute Gasteiger partial charge is 0.273 e. The van der Waals surface area contributed by atoms with Crippen LogP contribution in [-0.4, -0.2) is 44.9 Å². The number of aromatic nitrogens is 2. The molecule has 0 saturated carbocycles. The fourth-order valence-corrected chi connectivity index (χ4v) is 107. The Morgan fingerprint density at radius 3 is 1.88 bits per heavy atom. The molecule has 0 saturated heterocycles. The first kappa shape index (κ1) is 24.6. The van der Waals surface area contributed by atoms with Crippen molar-refractivity contribution in [3.63, 3.8) is 0 Å². The van der Waals surface area contributed by atoms with E-state index >= 15 is 0 Å². The summed E-state index contributed by atoms with van der Waals surface area (Å²) in [6.07, 6.45) is 0. The molecule has 2 aromatic carbocycles. The molecule has 3 nitrogen and oxygen atoms in total. The number of nitrogens with zero attached hydrogens (tertiary/aromatic N) is 2. The van der Waals surface area contributed by atoms with Gasteiger partial charge in [-0.05, 0) is 30.7 Å². The van der Waals surface area contributed by atoms with Crippen LogP contribution in [0.5, 0.6) is 0 Å². The van der Waals surface area contributed by atoms with E-state index in [1.165, 1.54) is 5.56 Å². The molecule has 0 aliphatic carbocycles. The van der Waals surface area contributed by atoms with Crippen LogP contribution in [0.3, 0.4) is 0 Å². The molecule has 0 amide bonds. The number of hydrogen-bond donors (Lipinski definition) is 0. The van der Waals surface area contributed by atoms with E-state index < -0.39 is 34.8 Å². The van der Waals surface area contributed by atoms with Crippen molar-refractivity contribution in [1.29, 1.82) is 0 Å². The van der Waals surface area contributed by atoms with Gasteiger partial charge >= 0.3 is 0 Å². The molecule has 0 N–H and O–H groups in total. The quantitative estimate of drug-likeness (QED) is 0.339. The van der Waals surface area contributed by atoms with Crippen LogP contribution in [0.1, 0.15) is 17.3 Å². The predicted molar refractivity (Wildman–Crippen MR) is 154 cm³/mol. The van der Waals surface area contributed by atoms with Gasteiger partial charge in [-0.3, -0.25) is 9.36 Å².